The smallest absolute Gasteiger partial charge is 0.305 e. The van der Waals surface area contributed by atoms with Crippen molar-refractivity contribution in [2.75, 3.05) is 11.4 Å². The first-order chi connectivity index (χ1) is 11.6. The van der Waals surface area contributed by atoms with Crippen LogP contribution in [0.25, 0.3) is 0 Å². The molecule has 2 aromatic carbocycles. The monoisotopic (exact) mass is 325 g/mol. The van der Waals surface area contributed by atoms with Gasteiger partial charge in [-0.1, -0.05) is 29.8 Å². The van der Waals surface area contributed by atoms with Crippen molar-refractivity contribution in [2.45, 2.75) is 38.8 Å². The van der Waals surface area contributed by atoms with E-state index in [1.54, 1.807) is 0 Å². The quantitative estimate of drug-likeness (QED) is 0.871. The van der Waals surface area contributed by atoms with E-state index in [-0.39, 0.29) is 12.5 Å². The lowest BCUT2D eigenvalue weighted by Crippen LogP contribution is -2.31. The van der Waals surface area contributed by atoms with E-state index >= 15 is 0 Å². The molecule has 2 aromatic rings. The summed E-state index contributed by atoms with van der Waals surface area (Å²) in [6.45, 7) is 3.53. The molecule has 0 spiro atoms. The number of aryl methyl sites for hydroxylation is 1. The maximum absolute atomic E-state index is 11.0. The van der Waals surface area contributed by atoms with Crippen LogP contribution in [-0.4, -0.2) is 23.7 Å². The van der Waals surface area contributed by atoms with Gasteiger partial charge in [0, 0.05) is 18.3 Å². The number of aliphatic carboxylic acids is 1. The first-order valence-corrected chi connectivity index (χ1v) is 8.38. The molecule has 4 heteroatoms. The van der Waals surface area contributed by atoms with Gasteiger partial charge in [-0.3, -0.25) is 4.79 Å². The highest BCUT2D eigenvalue weighted by molar-refractivity contribution is 5.69. The van der Waals surface area contributed by atoms with Gasteiger partial charge in [-0.05, 0) is 49.6 Å². The van der Waals surface area contributed by atoms with Crippen molar-refractivity contribution >= 4 is 11.7 Å². The van der Waals surface area contributed by atoms with Crippen molar-refractivity contribution in [3.8, 4) is 5.75 Å². The molecular weight excluding hydrogens is 302 g/mol. The second kappa shape index (κ2) is 7.39. The lowest BCUT2D eigenvalue weighted by Gasteiger charge is -2.25. The molecule has 1 aliphatic heterocycles. The van der Waals surface area contributed by atoms with Crippen molar-refractivity contribution in [3.05, 3.63) is 59.7 Å². The molecule has 0 saturated carbocycles. The number of anilines is 1. The van der Waals surface area contributed by atoms with Gasteiger partial charge in [0.15, 0.2) is 0 Å². The van der Waals surface area contributed by atoms with Crippen LogP contribution in [0.1, 0.15) is 30.4 Å². The summed E-state index contributed by atoms with van der Waals surface area (Å²) in [5, 5.41) is 9.03. The van der Waals surface area contributed by atoms with Crippen LogP contribution in [0, 0.1) is 6.92 Å². The Morgan fingerprint density at radius 2 is 1.88 bits per heavy atom. The Morgan fingerprint density at radius 1 is 1.17 bits per heavy atom. The molecule has 24 heavy (non-hydrogen) atoms. The third-order valence-electron chi connectivity index (χ3n) is 4.48. The van der Waals surface area contributed by atoms with Crippen LogP contribution in [-0.2, 0) is 11.4 Å². The van der Waals surface area contributed by atoms with Crippen molar-refractivity contribution in [1.29, 1.82) is 0 Å². The summed E-state index contributed by atoms with van der Waals surface area (Å²) in [7, 11) is 0. The minimum absolute atomic E-state index is 0.0989. The van der Waals surface area contributed by atoms with Gasteiger partial charge in [0.2, 0.25) is 0 Å². The molecule has 0 aromatic heterocycles. The van der Waals surface area contributed by atoms with Crippen molar-refractivity contribution in [3.63, 3.8) is 0 Å². The molecule has 1 unspecified atom stereocenters. The Kier molecular flexibility index (Phi) is 5.04. The molecule has 1 fully saturated rings. The molecule has 0 aliphatic carbocycles. The van der Waals surface area contributed by atoms with Gasteiger partial charge in [0.05, 0.1) is 6.42 Å². The zero-order valence-electron chi connectivity index (χ0n) is 13.9. The van der Waals surface area contributed by atoms with E-state index in [2.05, 4.69) is 36.1 Å². The maximum Gasteiger partial charge on any atom is 0.305 e. The van der Waals surface area contributed by atoms with Crippen molar-refractivity contribution in [1.82, 2.24) is 0 Å². The molecule has 1 atom stereocenters. The topological polar surface area (TPSA) is 49.8 Å². The van der Waals surface area contributed by atoms with Crippen LogP contribution in [0.3, 0.4) is 0 Å². The fourth-order valence-corrected chi connectivity index (χ4v) is 3.17. The van der Waals surface area contributed by atoms with Crippen LogP contribution in [0.15, 0.2) is 48.5 Å². The number of carbonyl (C=O) groups is 1. The lowest BCUT2D eigenvalue weighted by molar-refractivity contribution is -0.137. The third kappa shape index (κ3) is 4.07. The molecule has 1 heterocycles. The standard InChI is InChI=1S/C20H23NO3/c1-15-4-6-16(7-5-15)14-24-19-10-8-17(9-11-19)21-12-2-3-18(21)13-20(22)23/h4-11,18H,2-3,12-14H2,1H3,(H,22,23). The predicted octanol–water partition coefficient (Wildman–Crippen LogP) is 4.02. The zero-order chi connectivity index (χ0) is 16.9. The van der Waals surface area contributed by atoms with E-state index in [9.17, 15) is 4.79 Å². The maximum atomic E-state index is 11.0. The highest BCUT2D eigenvalue weighted by Crippen LogP contribution is 2.29. The molecule has 4 nitrogen and oxygen atoms in total. The van der Waals surface area contributed by atoms with Gasteiger partial charge < -0.3 is 14.7 Å². The molecule has 3 rings (SSSR count). The first kappa shape index (κ1) is 16.4. The number of carboxylic acids is 1. The lowest BCUT2D eigenvalue weighted by atomic mass is 10.1. The Bertz CT molecular complexity index is 679. The van der Waals surface area contributed by atoms with E-state index in [0.29, 0.717) is 6.61 Å². The summed E-state index contributed by atoms with van der Waals surface area (Å²) >= 11 is 0. The minimum Gasteiger partial charge on any atom is -0.489 e. The van der Waals surface area contributed by atoms with E-state index < -0.39 is 5.97 Å². The molecule has 126 valence electrons. The second-order valence-corrected chi connectivity index (χ2v) is 6.36. The number of benzene rings is 2. The highest BCUT2D eigenvalue weighted by atomic mass is 16.5. The second-order valence-electron chi connectivity index (χ2n) is 6.36. The molecule has 0 bridgehead atoms. The summed E-state index contributed by atoms with van der Waals surface area (Å²) in [6, 6.07) is 16.4. The summed E-state index contributed by atoms with van der Waals surface area (Å²) in [4.78, 5) is 13.2. The van der Waals surface area contributed by atoms with Crippen molar-refractivity contribution < 1.29 is 14.6 Å². The summed E-state index contributed by atoms with van der Waals surface area (Å²) in [5.41, 5.74) is 3.46. The molecule has 0 radical (unpaired) electrons. The fourth-order valence-electron chi connectivity index (χ4n) is 3.17. The van der Waals surface area contributed by atoms with E-state index in [0.717, 1.165) is 36.4 Å². The van der Waals surface area contributed by atoms with E-state index in [4.69, 9.17) is 9.84 Å². The number of hydrogen-bond acceptors (Lipinski definition) is 3. The van der Waals surface area contributed by atoms with E-state index in [1.165, 1.54) is 5.56 Å². The van der Waals surface area contributed by atoms with Crippen LogP contribution in [0.4, 0.5) is 5.69 Å². The summed E-state index contributed by atoms with van der Waals surface area (Å²) in [5.74, 6) is 0.0956. The number of rotatable bonds is 6. The number of carboxylic acid groups (broad SMARTS) is 1. The zero-order valence-corrected chi connectivity index (χ0v) is 13.9. The minimum atomic E-state index is -0.732. The highest BCUT2D eigenvalue weighted by Gasteiger charge is 2.26. The molecule has 1 aliphatic rings. The average Bonchev–Trinajstić information content (AvgIpc) is 3.02. The van der Waals surface area contributed by atoms with Gasteiger partial charge in [-0.25, -0.2) is 0 Å². The molecular formula is C20H23NO3. The number of nitrogens with zero attached hydrogens (tertiary/aromatic N) is 1. The predicted molar refractivity (Wildman–Crippen MR) is 94.6 cm³/mol. The van der Waals surface area contributed by atoms with Gasteiger partial charge in [0.1, 0.15) is 12.4 Å². The van der Waals surface area contributed by atoms with Crippen LogP contribution >= 0.6 is 0 Å². The average molecular weight is 325 g/mol. The number of hydrogen-bond donors (Lipinski definition) is 1. The van der Waals surface area contributed by atoms with Gasteiger partial charge in [-0.15, -0.1) is 0 Å². The van der Waals surface area contributed by atoms with Crippen LogP contribution in [0.5, 0.6) is 5.75 Å². The van der Waals surface area contributed by atoms with Crippen LogP contribution in [0.2, 0.25) is 0 Å². The molecule has 0 amide bonds. The Morgan fingerprint density at radius 3 is 2.54 bits per heavy atom. The third-order valence-corrected chi connectivity index (χ3v) is 4.48. The van der Waals surface area contributed by atoms with Gasteiger partial charge in [-0.2, -0.15) is 0 Å². The van der Waals surface area contributed by atoms with Gasteiger partial charge >= 0.3 is 5.97 Å². The molecule has 1 N–H and O–H groups in total. The SMILES string of the molecule is Cc1ccc(COc2ccc(N3CCCC3CC(=O)O)cc2)cc1. The Hall–Kier alpha value is -2.49. The molecule has 1 saturated heterocycles. The first-order valence-electron chi connectivity index (χ1n) is 8.38. The van der Waals surface area contributed by atoms with E-state index in [1.807, 2.05) is 24.3 Å². The summed E-state index contributed by atoms with van der Waals surface area (Å²) < 4.78 is 5.83. The van der Waals surface area contributed by atoms with Crippen molar-refractivity contribution in [2.24, 2.45) is 0 Å². The summed E-state index contributed by atoms with van der Waals surface area (Å²) in [6.07, 6.45) is 2.19. The fraction of sp³-hybridized carbons (Fsp3) is 0.350. The Labute approximate surface area is 142 Å². The van der Waals surface area contributed by atoms with Gasteiger partial charge in [0.25, 0.3) is 0 Å². The number of ether oxygens (including phenoxy) is 1. The Balaban J connectivity index is 1.60. The normalized spacial score (nSPS) is 17.0. The van der Waals surface area contributed by atoms with Crippen LogP contribution < -0.4 is 9.64 Å². The largest absolute Gasteiger partial charge is 0.489 e.